The number of hydrogen-bond acceptors (Lipinski definition) is 3. The lowest BCUT2D eigenvalue weighted by Crippen LogP contribution is -2.35. The Bertz CT molecular complexity index is 510. The summed E-state index contributed by atoms with van der Waals surface area (Å²) in [6.45, 7) is 2.00. The third-order valence-corrected chi connectivity index (χ3v) is 3.43. The van der Waals surface area contributed by atoms with E-state index in [1.807, 2.05) is 0 Å². The van der Waals surface area contributed by atoms with Gasteiger partial charge < -0.3 is 10.4 Å². The Labute approximate surface area is 131 Å². The largest absolute Gasteiger partial charge is 0.481 e. The molecule has 0 aliphatic rings. The van der Waals surface area contributed by atoms with Crippen molar-refractivity contribution in [1.29, 1.82) is 0 Å². The molecule has 0 bridgehead atoms. The number of rotatable bonds is 6. The first kappa shape index (κ1) is 16.9. The number of likely N-dealkylation sites (N-methyl/N-ethyl adjacent to an activating group) is 1. The van der Waals surface area contributed by atoms with Crippen LogP contribution in [0.5, 0.6) is 0 Å². The minimum Gasteiger partial charge on any atom is -0.481 e. The van der Waals surface area contributed by atoms with Gasteiger partial charge in [-0.2, -0.15) is 0 Å². The van der Waals surface area contributed by atoms with Gasteiger partial charge in [-0.15, -0.1) is 0 Å². The molecule has 0 saturated carbocycles. The first-order chi connectivity index (χ1) is 9.29. The molecule has 0 fully saturated rings. The number of benzene rings is 1. The number of nitrogens with one attached hydrogen (secondary N) is 1. The summed E-state index contributed by atoms with van der Waals surface area (Å²) in [5.74, 6) is -1.65. The third kappa shape index (κ3) is 5.48. The van der Waals surface area contributed by atoms with Crippen LogP contribution in [0.25, 0.3) is 0 Å². The van der Waals surface area contributed by atoms with Crippen LogP contribution in [0.2, 0.25) is 5.02 Å². The van der Waals surface area contributed by atoms with Crippen LogP contribution in [0.3, 0.4) is 0 Å². The lowest BCUT2D eigenvalue weighted by Gasteiger charge is -2.18. The van der Waals surface area contributed by atoms with E-state index < -0.39 is 11.9 Å². The van der Waals surface area contributed by atoms with E-state index in [-0.39, 0.29) is 12.5 Å². The van der Waals surface area contributed by atoms with Crippen molar-refractivity contribution in [2.75, 3.05) is 25.5 Å². The molecule has 0 saturated heterocycles. The van der Waals surface area contributed by atoms with E-state index in [1.54, 1.807) is 37.1 Å². The molecule has 5 nitrogen and oxygen atoms in total. The van der Waals surface area contributed by atoms with Crippen LogP contribution in [-0.2, 0) is 9.59 Å². The Morgan fingerprint density at radius 1 is 1.50 bits per heavy atom. The van der Waals surface area contributed by atoms with Crippen LogP contribution >= 0.6 is 27.5 Å². The molecule has 0 radical (unpaired) electrons. The van der Waals surface area contributed by atoms with E-state index in [2.05, 4.69) is 21.2 Å². The average molecular weight is 364 g/mol. The molecule has 1 amide bonds. The molecule has 1 atom stereocenters. The van der Waals surface area contributed by atoms with Gasteiger partial charge in [0.05, 0.1) is 23.2 Å². The number of aliphatic carboxylic acids is 1. The van der Waals surface area contributed by atoms with Gasteiger partial charge >= 0.3 is 5.97 Å². The van der Waals surface area contributed by atoms with Crippen molar-refractivity contribution >= 4 is 45.1 Å². The molecular formula is C13H16BrClN2O3. The predicted molar refractivity (Wildman–Crippen MR) is 82.1 cm³/mol. The summed E-state index contributed by atoms with van der Waals surface area (Å²) in [6.07, 6.45) is 0. The van der Waals surface area contributed by atoms with Gasteiger partial charge in [0.2, 0.25) is 5.91 Å². The number of carbonyl (C=O) groups excluding carboxylic acids is 1. The molecule has 0 spiro atoms. The summed E-state index contributed by atoms with van der Waals surface area (Å²) in [5.41, 5.74) is 0.527. The van der Waals surface area contributed by atoms with E-state index in [4.69, 9.17) is 16.7 Å². The number of carbonyl (C=O) groups is 2. The number of amides is 1. The summed E-state index contributed by atoms with van der Waals surface area (Å²) in [7, 11) is 1.70. The van der Waals surface area contributed by atoms with Crippen LogP contribution in [0.1, 0.15) is 6.92 Å². The highest BCUT2D eigenvalue weighted by Gasteiger charge is 2.16. The quantitative estimate of drug-likeness (QED) is 0.815. The molecule has 0 aromatic heterocycles. The second kappa shape index (κ2) is 7.61. The Balaban J connectivity index is 2.53. The summed E-state index contributed by atoms with van der Waals surface area (Å²) in [4.78, 5) is 24.2. The second-order valence-corrected chi connectivity index (χ2v) is 5.93. The second-order valence-electron chi connectivity index (χ2n) is 4.61. The molecular weight excluding hydrogens is 348 g/mol. The summed E-state index contributed by atoms with van der Waals surface area (Å²) in [5, 5.41) is 11.9. The third-order valence-electron chi connectivity index (χ3n) is 2.63. The maximum Gasteiger partial charge on any atom is 0.307 e. The molecule has 0 heterocycles. The van der Waals surface area contributed by atoms with Gasteiger partial charge in [-0.05, 0) is 25.2 Å². The normalized spacial score (nSPS) is 12.2. The van der Waals surface area contributed by atoms with E-state index in [9.17, 15) is 9.59 Å². The topological polar surface area (TPSA) is 69.6 Å². The van der Waals surface area contributed by atoms with Gasteiger partial charge in [0.15, 0.2) is 0 Å². The zero-order valence-corrected chi connectivity index (χ0v) is 13.5. The summed E-state index contributed by atoms with van der Waals surface area (Å²) < 4.78 is 0.827. The monoisotopic (exact) mass is 362 g/mol. The van der Waals surface area contributed by atoms with Crippen LogP contribution in [-0.4, -0.2) is 42.0 Å². The summed E-state index contributed by atoms with van der Waals surface area (Å²) in [6, 6.07) is 5.16. The highest BCUT2D eigenvalue weighted by Crippen LogP contribution is 2.25. The Morgan fingerprint density at radius 2 is 2.15 bits per heavy atom. The van der Waals surface area contributed by atoms with Crippen molar-refractivity contribution in [1.82, 2.24) is 4.90 Å². The van der Waals surface area contributed by atoms with Crippen molar-refractivity contribution in [2.45, 2.75) is 6.92 Å². The fraction of sp³-hybridized carbons (Fsp3) is 0.385. The number of carboxylic acid groups (broad SMARTS) is 1. The molecule has 0 aliphatic heterocycles. The van der Waals surface area contributed by atoms with E-state index in [0.717, 1.165) is 4.47 Å². The molecule has 2 N–H and O–H groups in total. The van der Waals surface area contributed by atoms with Crippen molar-refractivity contribution in [3.05, 3.63) is 27.7 Å². The maximum atomic E-state index is 11.8. The van der Waals surface area contributed by atoms with Gasteiger partial charge in [-0.3, -0.25) is 14.5 Å². The van der Waals surface area contributed by atoms with Gasteiger partial charge in [-0.1, -0.05) is 34.5 Å². The van der Waals surface area contributed by atoms with Crippen LogP contribution in [0, 0.1) is 5.92 Å². The van der Waals surface area contributed by atoms with E-state index >= 15 is 0 Å². The average Bonchev–Trinajstić information content (AvgIpc) is 2.32. The molecule has 1 aromatic rings. The Kier molecular flexibility index (Phi) is 6.45. The van der Waals surface area contributed by atoms with Gasteiger partial charge in [0.1, 0.15) is 0 Å². The van der Waals surface area contributed by atoms with Gasteiger partial charge in [0.25, 0.3) is 0 Å². The fourth-order valence-electron chi connectivity index (χ4n) is 1.64. The molecule has 20 heavy (non-hydrogen) atoms. The summed E-state index contributed by atoms with van der Waals surface area (Å²) >= 11 is 9.28. The lowest BCUT2D eigenvalue weighted by molar-refractivity contribution is -0.141. The predicted octanol–water partition coefficient (Wildman–Crippen LogP) is 2.69. The molecule has 110 valence electrons. The van der Waals surface area contributed by atoms with E-state index in [1.165, 1.54) is 0 Å². The van der Waals surface area contributed by atoms with Crippen molar-refractivity contribution in [2.24, 2.45) is 5.92 Å². The number of halogens is 2. The molecule has 1 aromatic carbocycles. The smallest absolute Gasteiger partial charge is 0.307 e. The van der Waals surface area contributed by atoms with Gasteiger partial charge in [0, 0.05) is 11.0 Å². The number of nitrogens with zero attached hydrogens (tertiary/aromatic N) is 1. The number of hydrogen-bond donors (Lipinski definition) is 2. The molecule has 1 rings (SSSR count). The minimum atomic E-state index is -0.881. The van der Waals surface area contributed by atoms with Crippen LogP contribution < -0.4 is 5.32 Å². The maximum absolute atomic E-state index is 11.8. The standard InChI is InChI=1S/C13H16BrClN2O3/c1-8(13(19)20)6-17(2)7-12(18)16-11-4-3-9(14)5-10(11)15/h3-5,8H,6-7H2,1-2H3,(H,16,18)(H,19,20). The molecule has 1 unspecified atom stereocenters. The first-order valence-corrected chi connectivity index (χ1v) is 7.13. The fourth-order valence-corrected chi connectivity index (χ4v) is 2.36. The van der Waals surface area contributed by atoms with Crippen molar-refractivity contribution < 1.29 is 14.7 Å². The Hall–Kier alpha value is -1.11. The first-order valence-electron chi connectivity index (χ1n) is 5.96. The molecule has 0 aliphatic carbocycles. The highest BCUT2D eigenvalue weighted by molar-refractivity contribution is 9.10. The van der Waals surface area contributed by atoms with Crippen LogP contribution in [0.15, 0.2) is 22.7 Å². The number of carboxylic acids is 1. The zero-order chi connectivity index (χ0) is 15.3. The number of anilines is 1. The molecule has 7 heteroatoms. The van der Waals surface area contributed by atoms with Crippen LogP contribution in [0.4, 0.5) is 5.69 Å². The highest BCUT2D eigenvalue weighted by atomic mass is 79.9. The lowest BCUT2D eigenvalue weighted by atomic mass is 10.2. The van der Waals surface area contributed by atoms with Crippen molar-refractivity contribution in [3.63, 3.8) is 0 Å². The SMILES string of the molecule is CC(CN(C)CC(=O)Nc1ccc(Br)cc1Cl)C(=O)O. The zero-order valence-electron chi connectivity index (χ0n) is 11.2. The van der Waals surface area contributed by atoms with E-state index in [0.29, 0.717) is 17.3 Å². The Morgan fingerprint density at radius 3 is 2.70 bits per heavy atom. The van der Waals surface area contributed by atoms with Crippen molar-refractivity contribution in [3.8, 4) is 0 Å². The minimum absolute atomic E-state index is 0.101. The van der Waals surface area contributed by atoms with Gasteiger partial charge in [-0.25, -0.2) is 0 Å².